The molecule has 1 amide bonds. The highest BCUT2D eigenvalue weighted by molar-refractivity contribution is 7.22. The Morgan fingerprint density at radius 2 is 2.07 bits per heavy atom. The van der Waals surface area contributed by atoms with Crippen LogP contribution in [0.15, 0.2) is 36.4 Å². The SMILES string of the molecule is COc1ccccc1C(=O)N(CC1CCCO1)c1nc2cc(C)c(C)cc2s1. The lowest BCUT2D eigenvalue weighted by Crippen LogP contribution is -2.37. The van der Waals surface area contributed by atoms with E-state index in [2.05, 4.69) is 26.0 Å². The van der Waals surface area contributed by atoms with Crippen molar-refractivity contribution in [1.82, 2.24) is 4.98 Å². The van der Waals surface area contributed by atoms with Crippen LogP contribution in [0, 0.1) is 13.8 Å². The molecule has 4 rings (SSSR count). The molecule has 1 saturated heterocycles. The molecule has 1 atom stereocenters. The molecule has 0 aliphatic carbocycles. The fourth-order valence-corrected chi connectivity index (χ4v) is 4.54. The van der Waals surface area contributed by atoms with Gasteiger partial charge in [-0.05, 0) is 62.1 Å². The van der Waals surface area contributed by atoms with E-state index in [9.17, 15) is 4.79 Å². The van der Waals surface area contributed by atoms with Gasteiger partial charge >= 0.3 is 0 Å². The van der Waals surface area contributed by atoms with Gasteiger partial charge in [0.25, 0.3) is 5.91 Å². The number of aryl methyl sites for hydroxylation is 2. The van der Waals surface area contributed by atoms with Crippen LogP contribution in [0.25, 0.3) is 10.2 Å². The highest BCUT2D eigenvalue weighted by atomic mass is 32.1. The molecule has 6 heteroatoms. The lowest BCUT2D eigenvalue weighted by molar-refractivity contribution is 0.0915. The summed E-state index contributed by atoms with van der Waals surface area (Å²) in [7, 11) is 1.58. The largest absolute Gasteiger partial charge is 0.496 e. The molecule has 5 nitrogen and oxygen atoms in total. The third kappa shape index (κ3) is 3.62. The molecule has 0 radical (unpaired) electrons. The van der Waals surface area contributed by atoms with Crippen molar-refractivity contribution in [3.05, 3.63) is 53.1 Å². The first-order valence-electron chi connectivity index (χ1n) is 9.51. The molecule has 0 saturated carbocycles. The molecule has 28 heavy (non-hydrogen) atoms. The summed E-state index contributed by atoms with van der Waals surface area (Å²) in [5.74, 6) is 0.457. The normalized spacial score (nSPS) is 16.5. The summed E-state index contributed by atoms with van der Waals surface area (Å²) in [5.41, 5.74) is 3.89. The molecule has 2 aromatic carbocycles. The maximum atomic E-state index is 13.5. The van der Waals surface area contributed by atoms with E-state index < -0.39 is 0 Å². The minimum Gasteiger partial charge on any atom is -0.496 e. The van der Waals surface area contributed by atoms with E-state index >= 15 is 0 Å². The number of thiazole rings is 1. The summed E-state index contributed by atoms with van der Waals surface area (Å²) in [4.78, 5) is 20.0. The number of methoxy groups -OCH3 is 1. The van der Waals surface area contributed by atoms with E-state index in [1.807, 2.05) is 18.2 Å². The maximum absolute atomic E-state index is 13.5. The van der Waals surface area contributed by atoms with Gasteiger partial charge in [-0.15, -0.1) is 0 Å². The van der Waals surface area contributed by atoms with Crippen LogP contribution in [0.4, 0.5) is 5.13 Å². The molecule has 1 unspecified atom stereocenters. The molecular formula is C22H24N2O3S. The highest BCUT2D eigenvalue weighted by Crippen LogP contribution is 2.33. The third-order valence-electron chi connectivity index (χ3n) is 5.22. The van der Waals surface area contributed by atoms with Crippen molar-refractivity contribution in [3.8, 4) is 5.75 Å². The third-order valence-corrected chi connectivity index (χ3v) is 6.26. The molecule has 1 aliphatic heterocycles. The Morgan fingerprint density at radius 3 is 2.82 bits per heavy atom. The van der Waals surface area contributed by atoms with Crippen LogP contribution >= 0.6 is 11.3 Å². The van der Waals surface area contributed by atoms with Crippen LogP contribution in [0.2, 0.25) is 0 Å². The van der Waals surface area contributed by atoms with Crippen LogP contribution in [-0.4, -0.2) is 37.3 Å². The van der Waals surface area contributed by atoms with Crippen molar-refractivity contribution in [2.45, 2.75) is 32.8 Å². The fraction of sp³-hybridized carbons (Fsp3) is 0.364. The Hall–Kier alpha value is -2.44. The minimum absolute atomic E-state index is 0.0362. The first-order valence-corrected chi connectivity index (χ1v) is 10.3. The number of aromatic nitrogens is 1. The number of nitrogens with zero attached hydrogens (tertiary/aromatic N) is 2. The Bertz CT molecular complexity index is 969. The number of ether oxygens (including phenoxy) is 2. The van der Waals surface area contributed by atoms with Crippen molar-refractivity contribution in [3.63, 3.8) is 0 Å². The molecular weight excluding hydrogens is 372 g/mol. The maximum Gasteiger partial charge on any atom is 0.263 e. The van der Waals surface area contributed by atoms with E-state index in [-0.39, 0.29) is 12.0 Å². The number of para-hydroxylation sites is 1. The van der Waals surface area contributed by atoms with Crippen LogP contribution in [0.1, 0.15) is 34.3 Å². The zero-order valence-corrected chi connectivity index (χ0v) is 17.2. The molecule has 0 bridgehead atoms. The van der Waals surface area contributed by atoms with Crippen LogP contribution in [0.5, 0.6) is 5.75 Å². The summed E-state index contributed by atoms with van der Waals surface area (Å²) >= 11 is 1.55. The van der Waals surface area contributed by atoms with E-state index in [0.717, 1.165) is 29.7 Å². The number of hydrogen-bond donors (Lipinski definition) is 0. The lowest BCUT2D eigenvalue weighted by atomic mass is 10.1. The topological polar surface area (TPSA) is 51.7 Å². The minimum atomic E-state index is -0.111. The van der Waals surface area contributed by atoms with E-state index in [1.54, 1.807) is 29.4 Å². The Labute approximate surface area is 168 Å². The summed E-state index contributed by atoms with van der Waals surface area (Å²) in [6.45, 7) is 5.42. The average Bonchev–Trinajstić information content (AvgIpc) is 3.35. The summed E-state index contributed by atoms with van der Waals surface area (Å²) < 4.78 is 12.3. The number of hydrogen-bond acceptors (Lipinski definition) is 5. The number of amides is 1. The molecule has 2 heterocycles. The highest BCUT2D eigenvalue weighted by Gasteiger charge is 2.28. The van der Waals surface area contributed by atoms with Gasteiger partial charge in [-0.3, -0.25) is 9.69 Å². The van der Waals surface area contributed by atoms with Crippen molar-refractivity contribution in [2.24, 2.45) is 0 Å². The van der Waals surface area contributed by atoms with Gasteiger partial charge in [0.2, 0.25) is 0 Å². The Balaban J connectivity index is 1.75. The first-order chi connectivity index (χ1) is 13.6. The van der Waals surface area contributed by atoms with Gasteiger partial charge < -0.3 is 9.47 Å². The second kappa shape index (κ2) is 7.89. The number of benzene rings is 2. The van der Waals surface area contributed by atoms with E-state index in [4.69, 9.17) is 14.5 Å². The predicted octanol–water partition coefficient (Wildman–Crippen LogP) is 4.75. The van der Waals surface area contributed by atoms with Gasteiger partial charge in [0, 0.05) is 6.61 Å². The molecule has 3 aromatic rings. The smallest absolute Gasteiger partial charge is 0.263 e. The predicted molar refractivity (Wildman–Crippen MR) is 113 cm³/mol. The van der Waals surface area contributed by atoms with Crippen molar-refractivity contribution in [1.29, 1.82) is 0 Å². The molecule has 1 aromatic heterocycles. The lowest BCUT2D eigenvalue weighted by Gasteiger charge is -2.23. The number of carbonyl (C=O) groups is 1. The fourth-order valence-electron chi connectivity index (χ4n) is 3.49. The van der Waals surface area contributed by atoms with Gasteiger partial charge in [0.15, 0.2) is 5.13 Å². The molecule has 1 fully saturated rings. The van der Waals surface area contributed by atoms with Crippen LogP contribution < -0.4 is 9.64 Å². The zero-order chi connectivity index (χ0) is 19.7. The van der Waals surface area contributed by atoms with Gasteiger partial charge in [-0.1, -0.05) is 23.5 Å². The molecule has 146 valence electrons. The number of anilines is 1. The zero-order valence-electron chi connectivity index (χ0n) is 16.4. The molecule has 0 N–H and O–H groups in total. The average molecular weight is 397 g/mol. The first kappa shape index (κ1) is 18.9. The van der Waals surface area contributed by atoms with Gasteiger partial charge in [-0.25, -0.2) is 4.98 Å². The quantitative estimate of drug-likeness (QED) is 0.625. The second-order valence-corrected chi connectivity index (χ2v) is 8.16. The van der Waals surface area contributed by atoms with Crippen molar-refractivity contribution >= 4 is 32.6 Å². The number of fused-ring (bicyclic) bond motifs is 1. The van der Waals surface area contributed by atoms with Crippen molar-refractivity contribution in [2.75, 3.05) is 25.2 Å². The van der Waals surface area contributed by atoms with E-state index in [1.165, 1.54) is 11.1 Å². The second-order valence-electron chi connectivity index (χ2n) is 7.15. The Kier molecular flexibility index (Phi) is 5.33. The summed E-state index contributed by atoms with van der Waals surface area (Å²) in [6.07, 6.45) is 2.02. The summed E-state index contributed by atoms with van der Waals surface area (Å²) in [5, 5.41) is 0.700. The molecule has 0 spiro atoms. The number of carbonyl (C=O) groups excluding carboxylic acids is 1. The number of rotatable bonds is 5. The Morgan fingerprint density at radius 1 is 1.29 bits per heavy atom. The monoisotopic (exact) mass is 396 g/mol. The summed E-state index contributed by atoms with van der Waals surface area (Å²) in [6, 6.07) is 11.5. The van der Waals surface area contributed by atoms with Gasteiger partial charge in [0.05, 0.1) is 35.5 Å². The van der Waals surface area contributed by atoms with Crippen LogP contribution in [-0.2, 0) is 4.74 Å². The standard InChI is InChI=1S/C22H24N2O3S/c1-14-11-18-20(12-15(14)2)28-22(23-18)24(13-16-7-6-10-27-16)21(25)17-8-4-5-9-19(17)26-3/h4-5,8-9,11-12,16H,6-7,10,13H2,1-3H3. The van der Waals surface area contributed by atoms with Gasteiger partial charge in [-0.2, -0.15) is 0 Å². The van der Waals surface area contributed by atoms with Crippen LogP contribution in [0.3, 0.4) is 0 Å². The van der Waals surface area contributed by atoms with E-state index in [0.29, 0.717) is 23.0 Å². The van der Waals surface area contributed by atoms with Gasteiger partial charge in [0.1, 0.15) is 5.75 Å². The molecule has 1 aliphatic rings. The van der Waals surface area contributed by atoms with Crippen molar-refractivity contribution < 1.29 is 14.3 Å².